The van der Waals surface area contributed by atoms with Crippen molar-refractivity contribution >= 4 is 11.6 Å². The van der Waals surface area contributed by atoms with Gasteiger partial charge >= 0.3 is 0 Å². The Morgan fingerprint density at radius 2 is 1.95 bits per heavy atom. The Morgan fingerprint density at radius 3 is 2.70 bits per heavy atom. The molecule has 20 heavy (non-hydrogen) atoms. The first kappa shape index (κ1) is 14.2. The molecule has 0 radical (unpaired) electrons. The quantitative estimate of drug-likeness (QED) is 0.878. The van der Waals surface area contributed by atoms with Gasteiger partial charge in [0, 0.05) is 11.3 Å². The Kier molecular flexibility index (Phi) is 4.85. The molecule has 104 valence electrons. The first-order chi connectivity index (χ1) is 9.70. The van der Waals surface area contributed by atoms with Crippen molar-refractivity contribution in [1.82, 2.24) is 5.32 Å². The Balaban J connectivity index is 2.16. The number of halogens is 1. The van der Waals surface area contributed by atoms with E-state index in [2.05, 4.69) is 10.6 Å². The van der Waals surface area contributed by atoms with Crippen LogP contribution in [0, 0.1) is 5.82 Å². The lowest BCUT2D eigenvalue weighted by Crippen LogP contribution is -2.17. The maximum Gasteiger partial charge on any atom is 0.255 e. The molecule has 4 heteroatoms. The van der Waals surface area contributed by atoms with E-state index in [-0.39, 0.29) is 11.7 Å². The summed E-state index contributed by atoms with van der Waals surface area (Å²) in [5.74, 6) is -0.589. The number of nitrogens with one attached hydrogen (secondary N) is 2. The van der Waals surface area contributed by atoms with E-state index >= 15 is 0 Å². The van der Waals surface area contributed by atoms with Gasteiger partial charge in [-0.05, 0) is 49.8 Å². The molecule has 0 unspecified atom stereocenters. The zero-order valence-corrected chi connectivity index (χ0v) is 11.3. The minimum atomic E-state index is -0.369. The molecular formula is C16H17FN2O. The maximum absolute atomic E-state index is 13.1. The van der Waals surface area contributed by atoms with Crippen LogP contribution in [0.5, 0.6) is 0 Å². The third-order valence-corrected chi connectivity index (χ3v) is 2.99. The fourth-order valence-electron chi connectivity index (χ4n) is 1.98. The van der Waals surface area contributed by atoms with Crippen LogP contribution >= 0.6 is 0 Å². The van der Waals surface area contributed by atoms with E-state index in [4.69, 9.17) is 0 Å². The molecule has 0 saturated heterocycles. The van der Waals surface area contributed by atoms with Crippen LogP contribution in [0.3, 0.4) is 0 Å². The number of rotatable bonds is 5. The standard InChI is InChI=1S/C16H17FN2O/c1-18-10-9-12-5-2-3-8-15(12)16(20)19-14-7-4-6-13(17)11-14/h2-8,11,18H,9-10H2,1H3,(H,19,20). The molecule has 0 aliphatic rings. The molecule has 1 amide bonds. The first-order valence-corrected chi connectivity index (χ1v) is 6.50. The normalized spacial score (nSPS) is 10.3. The van der Waals surface area contributed by atoms with Crippen LogP contribution in [0.15, 0.2) is 48.5 Å². The molecule has 2 N–H and O–H groups in total. The number of amides is 1. The highest BCUT2D eigenvalue weighted by Crippen LogP contribution is 2.14. The maximum atomic E-state index is 13.1. The first-order valence-electron chi connectivity index (χ1n) is 6.50. The predicted molar refractivity (Wildman–Crippen MR) is 78.4 cm³/mol. The van der Waals surface area contributed by atoms with Gasteiger partial charge in [-0.25, -0.2) is 4.39 Å². The molecule has 0 aliphatic carbocycles. The molecule has 0 aromatic heterocycles. The van der Waals surface area contributed by atoms with Crippen LogP contribution in [0.4, 0.5) is 10.1 Å². The van der Waals surface area contributed by atoms with E-state index in [1.807, 2.05) is 25.2 Å². The van der Waals surface area contributed by atoms with Crippen molar-refractivity contribution in [3.63, 3.8) is 0 Å². The van der Waals surface area contributed by atoms with E-state index in [9.17, 15) is 9.18 Å². The summed E-state index contributed by atoms with van der Waals surface area (Å²) in [4.78, 5) is 12.3. The molecule has 2 aromatic carbocycles. The zero-order valence-electron chi connectivity index (χ0n) is 11.3. The van der Waals surface area contributed by atoms with E-state index in [0.717, 1.165) is 18.5 Å². The summed E-state index contributed by atoms with van der Waals surface area (Å²) >= 11 is 0. The number of likely N-dealkylation sites (N-methyl/N-ethyl adjacent to an activating group) is 1. The molecule has 0 bridgehead atoms. The molecular weight excluding hydrogens is 255 g/mol. The van der Waals surface area contributed by atoms with Crippen molar-refractivity contribution in [3.05, 3.63) is 65.5 Å². The Morgan fingerprint density at radius 1 is 1.15 bits per heavy atom. The molecule has 0 saturated carbocycles. The number of carbonyl (C=O) groups excluding carboxylic acids is 1. The van der Waals surface area contributed by atoms with Gasteiger partial charge < -0.3 is 10.6 Å². The lowest BCUT2D eigenvalue weighted by molar-refractivity contribution is 0.102. The van der Waals surface area contributed by atoms with E-state index < -0.39 is 0 Å². The second-order valence-electron chi connectivity index (χ2n) is 4.48. The topological polar surface area (TPSA) is 41.1 Å². The molecule has 0 heterocycles. The summed E-state index contributed by atoms with van der Waals surface area (Å²) in [5, 5.41) is 5.77. The van der Waals surface area contributed by atoms with Crippen molar-refractivity contribution < 1.29 is 9.18 Å². The average Bonchev–Trinajstić information content (AvgIpc) is 2.45. The number of benzene rings is 2. The van der Waals surface area contributed by atoms with Crippen LogP contribution in [0.1, 0.15) is 15.9 Å². The van der Waals surface area contributed by atoms with Gasteiger partial charge in [-0.15, -0.1) is 0 Å². The smallest absolute Gasteiger partial charge is 0.255 e. The fraction of sp³-hybridized carbons (Fsp3) is 0.188. The lowest BCUT2D eigenvalue weighted by Gasteiger charge is -2.10. The monoisotopic (exact) mass is 272 g/mol. The minimum Gasteiger partial charge on any atom is -0.322 e. The van der Waals surface area contributed by atoms with E-state index in [1.165, 1.54) is 12.1 Å². The second kappa shape index (κ2) is 6.82. The molecule has 0 atom stereocenters. The number of hydrogen-bond acceptors (Lipinski definition) is 2. The Hall–Kier alpha value is -2.20. The summed E-state index contributed by atoms with van der Waals surface area (Å²) in [6.45, 7) is 0.796. The van der Waals surface area contributed by atoms with Gasteiger partial charge in [-0.1, -0.05) is 24.3 Å². The SMILES string of the molecule is CNCCc1ccccc1C(=O)Nc1cccc(F)c1. The molecule has 2 rings (SSSR count). The van der Waals surface area contributed by atoms with Crippen LogP contribution in [0.25, 0.3) is 0 Å². The van der Waals surface area contributed by atoms with Gasteiger partial charge in [-0.2, -0.15) is 0 Å². The Labute approximate surface area is 117 Å². The van der Waals surface area contributed by atoms with Crippen LogP contribution in [0.2, 0.25) is 0 Å². The lowest BCUT2D eigenvalue weighted by atomic mass is 10.0. The predicted octanol–water partition coefficient (Wildman–Crippen LogP) is 2.84. The minimum absolute atomic E-state index is 0.220. The summed E-state index contributed by atoms with van der Waals surface area (Å²) in [6, 6.07) is 13.3. The molecule has 3 nitrogen and oxygen atoms in total. The summed E-state index contributed by atoms with van der Waals surface area (Å²) < 4.78 is 13.1. The summed E-state index contributed by atoms with van der Waals surface area (Å²) in [5.41, 5.74) is 2.04. The number of anilines is 1. The van der Waals surface area contributed by atoms with E-state index in [0.29, 0.717) is 11.3 Å². The van der Waals surface area contributed by atoms with E-state index in [1.54, 1.807) is 18.2 Å². The van der Waals surface area contributed by atoms with Gasteiger partial charge in [0.2, 0.25) is 0 Å². The zero-order chi connectivity index (χ0) is 14.4. The van der Waals surface area contributed by atoms with Crippen molar-refractivity contribution in [2.24, 2.45) is 0 Å². The van der Waals surface area contributed by atoms with Gasteiger partial charge in [0.25, 0.3) is 5.91 Å². The van der Waals surface area contributed by atoms with Gasteiger partial charge in [0.15, 0.2) is 0 Å². The number of hydrogen-bond donors (Lipinski definition) is 2. The average molecular weight is 272 g/mol. The third kappa shape index (κ3) is 3.65. The van der Waals surface area contributed by atoms with Crippen LogP contribution in [-0.4, -0.2) is 19.5 Å². The third-order valence-electron chi connectivity index (χ3n) is 2.99. The summed E-state index contributed by atoms with van der Waals surface area (Å²) in [7, 11) is 1.87. The van der Waals surface area contributed by atoms with Gasteiger partial charge in [-0.3, -0.25) is 4.79 Å². The molecule has 0 spiro atoms. The highest BCUT2D eigenvalue weighted by atomic mass is 19.1. The van der Waals surface area contributed by atoms with Crippen LogP contribution < -0.4 is 10.6 Å². The van der Waals surface area contributed by atoms with Crippen LogP contribution in [-0.2, 0) is 6.42 Å². The van der Waals surface area contributed by atoms with Crippen molar-refractivity contribution in [2.45, 2.75) is 6.42 Å². The highest BCUT2D eigenvalue weighted by Gasteiger charge is 2.10. The largest absolute Gasteiger partial charge is 0.322 e. The summed E-state index contributed by atoms with van der Waals surface area (Å²) in [6.07, 6.45) is 0.767. The second-order valence-corrected chi connectivity index (χ2v) is 4.48. The van der Waals surface area contributed by atoms with Crippen molar-refractivity contribution in [2.75, 3.05) is 18.9 Å². The fourth-order valence-corrected chi connectivity index (χ4v) is 1.98. The van der Waals surface area contributed by atoms with Gasteiger partial charge in [0.05, 0.1) is 0 Å². The van der Waals surface area contributed by atoms with Gasteiger partial charge in [0.1, 0.15) is 5.82 Å². The molecule has 0 fully saturated rings. The number of carbonyl (C=O) groups is 1. The van der Waals surface area contributed by atoms with Crippen molar-refractivity contribution in [1.29, 1.82) is 0 Å². The molecule has 2 aromatic rings. The Bertz CT molecular complexity index is 599. The molecule has 0 aliphatic heterocycles. The van der Waals surface area contributed by atoms with Crippen molar-refractivity contribution in [3.8, 4) is 0 Å². The highest BCUT2D eigenvalue weighted by molar-refractivity contribution is 6.05.